The molecule has 5 nitrogen and oxygen atoms in total. The molecule has 0 radical (unpaired) electrons. The SMILES string of the molecule is O=C(O)CCC/C=C/C[C@@H]1[C@@H](/C=C/[C@@H](O)C2CCCCC2)[C@H](O)C[C@@H]1O. The smallest absolute Gasteiger partial charge is 0.303 e. The molecule has 148 valence electrons. The van der Waals surface area contributed by atoms with Gasteiger partial charge in [-0.05, 0) is 43.9 Å². The van der Waals surface area contributed by atoms with Gasteiger partial charge in [-0.3, -0.25) is 4.79 Å². The zero-order chi connectivity index (χ0) is 18.9. The summed E-state index contributed by atoms with van der Waals surface area (Å²) in [6.07, 6.45) is 14.3. The van der Waals surface area contributed by atoms with Gasteiger partial charge < -0.3 is 20.4 Å². The monoisotopic (exact) mass is 366 g/mol. The molecule has 0 aromatic rings. The predicted molar refractivity (Wildman–Crippen MR) is 101 cm³/mol. The van der Waals surface area contributed by atoms with Gasteiger partial charge in [0.15, 0.2) is 0 Å². The quantitative estimate of drug-likeness (QED) is 0.371. The van der Waals surface area contributed by atoms with E-state index in [-0.39, 0.29) is 18.3 Å². The van der Waals surface area contributed by atoms with Crippen LogP contribution in [0.25, 0.3) is 0 Å². The van der Waals surface area contributed by atoms with Gasteiger partial charge in [0.25, 0.3) is 0 Å². The van der Waals surface area contributed by atoms with Crippen LogP contribution in [0.4, 0.5) is 0 Å². The van der Waals surface area contributed by atoms with Crippen LogP contribution in [-0.2, 0) is 4.79 Å². The van der Waals surface area contributed by atoms with E-state index in [0.29, 0.717) is 31.6 Å². The molecule has 0 amide bonds. The van der Waals surface area contributed by atoms with Gasteiger partial charge in [0.05, 0.1) is 18.3 Å². The molecule has 0 aliphatic heterocycles. The van der Waals surface area contributed by atoms with Gasteiger partial charge in [-0.25, -0.2) is 0 Å². The van der Waals surface area contributed by atoms with Crippen LogP contribution in [0.3, 0.4) is 0 Å². The van der Waals surface area contributed by atoms with E-state index in [1.807, 2.05) is 24.3 Å². The molecule has 4 N–H and O–H groups in total. The Morgan fingerprint density at radius 1 is 1.08 bits per heavy atom. The van der Waals surface area contributed by atoms with Crippen LogP contribution >= 0.6 is 0 Å². The second-order valence-corrected chi connectivity index (χ2v) is 7.88. The number of allylic oxidation sites excluding steroid dienone is 2. The highest BCUT2D eigenvalue weighted by Gasteiger charge is 2.39. The number of aliphatic carboxylic acids is 1. The Hall–Kier alpha value is -1.17. The Bertz CT molecular complexity index is 481. The molecular weight excluding hydrogens is 332 g/mol. The number of aliphatic hydroxyl groups excluding tert-OH is 3. The molecule has 0 spiro atoms. The molecule has 2 fully saturated rings. The van der Waals surface area contributed by atoms with Crippen LogP contribution in [0, 0.1) is 17.8 Å². The highest BCUT2D eigenvalue weighted by molar-refractivity contribution is 5.66. The third-order valence-electron chi connectivity index (χ3n) is 5.92. The number of aliphatic hydroxyl groups is 3. The Labute approximate surface area is 156 Å². The Balaban J connectivity index is 1.84. The summed E-state index contributed by atoms with van der Waals surface area (Å²) in [5.41, 5.74) is 0. The number of carbonyl (C=O) groups is 1. The third kappa shape index (κ3) is 6.53. The predicted octanol–water partition coefficient (Wildman–Crippen LogP) is 3.04. The molecule has 0 unspecified atom stereocenters. The van der Waals surface area contributed by atoms with Crippen LogP contribution in [0.5, 0.6) is 0 Å². The van der Waals surface area contributed by atoms with Crippen molar-refractivity contribution in [1.29, 1.82) is 0 Å². The van der Waals surface area contributed by atoms with Gasteiger partial charge in [-0.2, -0.15) is 0 Å². The maximum absolute atomic E-state index is 10.5. The van der Waals surface area contributed by atoms with E-state index in [4.69, 9.17) is 5.11 Å². The standard InChI is InChI=1S/C21H34O5/c22-18(15-8-4-3-5-9-15)13-12-17-16(19(23)14-20(17)24)10-6-1-2-7-11-21(25)26/h1,6,12-13,15-20,22-24H,2-5,7-11,14H2,(H,25,26)/b6-1+,13-12+/t16-,17-,18-,19+,20-/m1/s1. The van der Waals surface area contributed by atoms with Crippen LogP contribution in [0.2, 0.25) is 0 Å². The minimum Gasteiger partial charge on any atom is -0.481 e. The summed E-state index contributed by atoms with van der Waals surface area (Å²) in [4.78, 5) is 10.5. The van der Waals surface area contributed by atoms with Crippen molar-refractivity contribution in [2.24, 2.45) is 17.8 Å². The first-order valence-corrected chi connectivity index (χ1v) is 10.1. The summed E-state index contributed by atoms with van der Waals surface area (Å²) in [7, 11) is 0. The van der Waals surface area contributed by atoms with Gasteiger partial charge >= 0.3 is 5.97 Å². The summed E-state index contributed by atoms with van der Waals surface area (Å²) in [6, 6.07) is 0. The molecule has 2 rings (SSSR count). The van der Waals surface area contributed by atoms with E-state index in [2.05, 4.69) is 0 Å². The summed E-state index contributed by atoms with van der Waals surface area (Å²) in [6.45, 7) is 0. The largest absolute Gasteiger partial charge is 0.481 e. The first kappa shape index (κ1) is 21.1. The topological polar surface area (TPSA) is 98.0 Å². The molecule has 2 saturated carbocycles. The van der Waals surface area contributed by atoms with Gasteiger partial charge in [-0.15, -0.1) is 0 Å². The van der Waals surface area contributed by atoms with Gasteiger partial charge in [0.1, 0.15) is 0 Å². The molecule has 26 heavy (non-hydrogen) atoms. The van der Waals surface area contributed by atoms with Crippen molar-refractivity contribution in [3.05, 3.63) is 24.3 Å². The fraction of sp³-hybridized carbons (Fsp3) is 0.762. The molecule has 0 aromatic heterocycles. The molecule has 2 aliphatic carbocycles. The zero-order valence-electron chi connectivity index (χ0n) is 15.5. The Kier molecular flexibility index (Phi) is 8.82. The number of unbranched alkanes of at least 4 members (excludes halogenated alkanes) is 1. The van der Waals surface area contributed by atoms with Crippen LogP contribution in [-0.4, -0.2) is 44.7 Å². The lowest BCUT2D eigenvalue weighted by molar-refractivity contribution is -0.137. The number of carboxylic acid groups (broad SMARTS) is 1. The lowest BCUT2D eigenvalue weighted by Crippen LogP contribution is -2.23. The normalized spacial score (nSPS) is 31.8. The van der Waals surface area contributed by atoms with Crippen molar-refractivity contribution in [2.75, 3.05) is 0 Å². The molecule has 0 saturated heterocycles. The summed E-state index contributed by atoms with van der Waals surface area (Å²) in [5, 5.41) is 39.5. The fourth-order valence-electron chi connectivity index (χ4n) is 4.32. The van der Waals surface area contributed by atoms with Crippen LogP contribution in [0.1, 0.15) is 64.2 Å². The second kappa shape index (κ2) is 10.9. The van der Waals surface area contributed by atoms with Crippen LogP contribution in [0.15, 0.2) is 24.3 Å². The van der Waals surface area contributed by atoms with Crippen molar-refractivity contribution in [3.8, 4) is 0 Å². The number of carboxylic acids is 1. The van der Waals surface area contributed by atoms with E-state index in [1.54, 1.807) is 0 Å². The molecule has 0 aromatic carbocycles. The average molecular weight is 366 g/mol. The zero-order valence-corrected chi connectivity index (χ0v) is 15.5. The van der Waals surface area contributed by atoms with E-state index in [0.717, 1.165) is 12.8 Å². The Morgan fingerprint density at radius 2 is 1.81 bits per heavy atom. The third-order valence-corrected chi connectivity index (χ3v) is 5.92. The van der Waals surface area contributed by atoms with E-state index in [1.165, 1.54) is 19.3 Å². The van der Waals surface area contributed by atoms with Crippen molar-refractivity contribution in [1.82, 2.24) is 0 Å². The first-order valence-electron chi connectivity index (χ1n) is 10.1. The van der Waals surface area contributed by atoms with Gasteiger partial charge in [0.2, 0.25) is 0 Å². The lowest BCUT2D eigenvalue weighted by atomic mass is 9.84. The Morgan fingerprint density at radius 3 is 2.50 bits per heavy atom. The highest BCUT2D eigenvalue weighted by atomic mass is 16.4. The van der Waals surface area contributed by atoms with Crippen LogP contribution < -0.4 is 0 Å². The molecule has 0 heterocycles. The van der Waals surface area contributed by atoms with E-state index >= 15 is 0 Å². The van der Waals surface area contributed by atoms with Crippen molar-refractivity contribution < 1.29 is 25.2 Å². The molecular formula is C21H34O5. The van der Waals surface area contributed by atoms with Crippen molar-refractivity contribution >= 4 is 5.97 Å². The maximum Gasteiger partial charge on any atom is 0.303 e. The van der Waals surface area contributed by atoms with Gasteiger partial charge in [-0.1, -0.05) is 43.6 Å². The minimum absolute atomic E-state index is 0.0597. The molecule has 2 aliphatic rings. The average Bonchev–Trinajstić information content (AvgIpc) is 2.89. The van der Waals surface area contributed by atoms with E-state index in [9.17, 15) is 20.1 Å². The number of rotatable bonds is 9. The number of hydrogen-bond acceptors (Lipinski definition) is 4. The summed E-state index contributed by atoms with van der Waals surface area (Å²) >= 11 is 0. The lowest BCUT2D eigenvalue weighted by Gasteiger charge is -2.25. The summed E-state index contributed by atoms with van der Waals surface area (Å²) in [5.74, 6) is -0.673. The summed E-state index contributed by atoms with van der Waals surface area (Å²) < 4.78 is 0. The second-order valence-electron chi connectivity index (χ2n) is 7.88. The highest BCUT2D eigenvalue weighted by Crippen LogP contribution is 2.37. The fourth-order valence-corrected chi connectivity index (χ4v) is 4.32. The first-order chi connectivity index (χ1) is 12.5. The minimum atomic E-state index is -0.783. The maximum atomic E-state index is 10.5. The van der Waals surface area contributed by atoms with Crippen molar-refractivity contribution in [2.45, 2.75) is 82.5 Å². The molecule has 5 heteroatoms. The van der Waals surface area contributed by atoms with Gasteiger partial charge in [0, 0.05) is 18.8 Å². The molecule has 0 bridgehead atoms. The van der Waals surface area contributed by atoms with E-state index < -0.39 is 24.3 Å². The molecule has 5 atom stereocenters. The number of hydrogen-bond donors (Lipinski definition) is 4. The van der Waals surface area contributed by atoms with Crippen molar-refractivity contribution in [3.63, 3.8) is 0 Å².